The molecule has 0 aliphatic rings. The summed E-state index contributed by atoms with van der Waals surface area (Å²) in [4.78, 5) is 127. The van der Waals surface area contributed by atoms with Crippen molar-refractivity contribution >= 4 is 58.8 Å². The van der Waals surface area contributed by atoms with E-state index in [1.54, 1.807) is 0 Å². The predicted octanol–water partition coefficient (Wildman–Crippen LogP) is 15.3. The maximum atomic E-state index is 13.3. The molecule has 0 fully saturated rings. The summed E-state index contributed by atoms with van der Waals surface area (Å²) in [5.41, 5.74) is 3.48. The molecule has 5 amide bonds. The number of nitrogens with one attached hydrogen (secondary N) is 5. The summed E-state index contributed by atoms with van der Waals surface area (Å²) in [6.45, 7) is 13.8. The molecule has 4 aromatic rings. The molecule has 4 aromatic carbocycles. The van der Waals surface area contributed by atoms with Crippen molar-refractivity contribution in [1.29, 1.82) is 0 Å². The van der Waals surface area contributed by atoms with Crippen molar-refractivity contribution in [3.05, 3.63) is 144 Å². The summed E-state index contributed by atoms with van der Waals surface area (Å²) >= 11 is 0. The molecule has 0 atom stereocenters. The molecular weight excluding hydrogens is 1890 g/mol. The molecular formula is C114H183N5O28. The van der Waals surface area contributed by atoms with Crippen molar-refractivity contribution in [1.82, 2.24) is 26.6 Å². The van der Waals surface area contributed by atoms with Crippen molar-refractivity contribution < 1.29 is 133 Å². The third-order valence-corrected chi connectivity index (χ3v) is 23.7. The summed E-state index contributed by atoms with van der Waals surface area (Å²) in [5.74, 6) is -0.690. The van der Waals surface area contributed by atoms with Crippen LogP contribution in [0.3, 0.4) is 0 Å². The number of unbranched alkanes of at least 4 members (excludes halogenated alkanes) is 17. The van der Waals surface area contributed by atoms with Crippen LogP contribution < -0.4 is 26.6 Å². The predicted molar refractivity (Wildman–Crippen MR) is 564 cm³/mol. The van der Waals surface area contributed by atoms with Crippen molar-refractivity contribution in [2.24, 2.45) is 5.41 Å². The highest BCUT2D eigenvalue weighted by Gasteiger charge is 2.33. The molecule has 0 aliphatic carbocycles. The summed E-state index contributed by atoms with van der Waals surface area (Å²) in [6, 6.07) is 39.7. The molecule has 0 bridgehead atoms. The maximum Gasteiger partial charge on any atom is 0.308 e. The van der Waals surface area contributed by atoms with Gasteiger partial charge in [-0.2, -0.15) is 0 Å². The second-order valence-corrected chi connectivity index (χ2v) is 36.8. The number of benzene rings is 4. The number of esters is 2. The number of ether oxygens (including phenoxy) is 18. The lowest BCUT2D eigenvalue weighted by Gasteiger charge is -2.33. The summed E-state index contributed by atoms with van der Waals surface area (Å²) in [6.07, 6.45) is 27.3. The SMILES string of the molecule is O=C(CCCCCCCNC(=O)CCOCC(COCCC(=O)CCCCCCCCC(=O)NCCOCCOCCOCCC(=O)OCc1ccccc1)(COCCC(=O)NCCCCCCCC(=O)CCCOCCOCCOCCCc1ccccc1)COCCC(=O)NCCCCCCCC(=O)NCCOCCOCCOCCC(=O)OCc1ccccc1)CCCOCCOCCOCCCc1ccccc1. The Balaban J connectivity index is 1.17. The zero-order valence-electron chi connectivity index (χ0n) is 88.8. The minimum atomic E-state index is -0.987. The zero-order valence-corrected chi connectivity index (χ0v) is 88.8. The van der Waals surface area contributed by atoms with Gasteiger partial charge >= 0.3 is 11.9 Å². The van der Waals surface area contributed by atoms with Crippen molar-refractivity contribution in [2.45, 2.75) is 270 Å². The molecule has 0 saturated heterocycles. The van der Waals surface area contributed by atoms with Crippen LogP contribution in [0.25, 0.3) is 0 Å². The fraction of sp³-hybridized carbons (Fsp3) is 0.702. The molecule has 0 unspecified atom stereocenters. The van der Waals surface area contributed by atoms with E-state index in [0.29, 0.717) is 236 Å². The van der Waals surface area contributed by atoms with Gasteiger partial charge in [0, 0.05) is 130 Å². The lowest BCUT2D eigenvalue weighted by atomic mass is 9.92. The van der Waals surface area contributed by atoms with Gasteiger partial charge in [-0.15, -0.1) is 0 Å². The van der Waals surface area contributed by atoms with Gasteiger partial charge in [0.05, 0.1) is 203 Å². The van der Waals surface area contributed by atoms with Crippen LogP contribution in [0, 0.1) is 5.41 Å². The number of aryl methyl sites for hydroxylation is 2. The van der Waals surface area contributed by atoms with Crippen molar-refractivity contribution in [3.63, 3.8) is 0 Å². The minimum absolute atomic E-state index is 0.0295. The molecule has 0 radical (unpaired) electrons. The molecule has 0 saturated carbocycles. The van der Waals surface area contributed by atoms with Gasteiger partial charge < -0.3 is 112 Å². The Labute approximate surface area is 877 Å². The first-order valence-corrected chi connectivity index (χ1v) is 54.8. The van der Waals surface area contributed by atoms with E-state index < -0.39 is 5.41 Å². The second kappa shape index (κ2) is 98.3. The third kappa shape index (κ3) is 85.9. The highest BCUT2D eigenvalue weighted by atomic mass is 16.6. The quantitative estimate of drug-likeness (QED) is 0.0202. The maximum absolute atomic E-state index is 13.3. The van der Waals surface area contributed by atoms with E-state index in [2.05, 4.69) is 50.8 Å². The Morgan fingerprint density at radius 1 is 0.177 bits per heavy atom. The Morgan fingerprint density at radius 3 is 0.707 bits per heavy atom. The molecule has 0 spiro atoms. The zero-order chi connectivity index (χ0) is 105. The smallest absolute Gasteiger partial charge is 0.308 e. The average Bonchev–Trinajstić information content (AvgIpc) is 0.863. The van der Waals surface area contributed by atoms with Crippen LogP contribution in [0.5, 0.6) is 0 Å². The van der Waals surface area contributed by atoms with Gasteiger partial charge in [-0.3, -0.25) is 47.9 Å². The normalized spacial score (nSPS) is 11.4. The molecule has 832 valence electrons. The van der Waals surface area contributed by atoms with E-state index in [1.807, 2.05) is 97.1 Å². The molecule has 0 aliphatic heterocycles. The summed E-state index contributed by atoms with van der Waals surface area (Å²) in [5, 5.41) is 14.8. The van der Waals surface area contributed by atoms with Crippen LogP contribution >= 0.6 is 0 Å². The van der Waals surface area contributed by atoms with E-state index in [0.717, 1.165) is 172 Å². The van der Waals surface area contributed by atoms with Gasteiger partial charge in [0.25, 0.3) is 0 Å². The van der Waals surface area contributed by atoms with Crippen molar-refractivity contribution in [3.8, 4) is 0 Å². The lowest BCUT2D eigenvalue weighted by molar-refractivity contribution is -0.147. The van der Waals surface area contributed by atoms with E-state index in [-0.39, 0.29) is 177 Å². The first-order chi connectivity index (χ1) is 72.3. The summed E-state index contributed by atoms with van der Waals surface area (Å²) in [7, 11) is 0. The first-order valence-electron chi connectivity index (χ1n) is 54.8. The standard InChI is InChI=1S/C114H183N5O28/c120-104(51-36-68-132-80-88-138-86-78-130-66-34-46-100-38-18-14-19-39-100)48-26-7-3-11-31-61-115-109(125)56-71-143-97-114(98-144-72-57-110(126)116-62-32-12-4-8-27-49-105(121)52-37-69-133-81-89-139-87-79-131-67-35-47-101-40-20-15-21-41-101,96-142-70-55-106(122)50-28-6-1-2-9-29-53-107(123)118-64-76-136-84-92-140-90-82-134-74-59-112(128)146-94-102-42-22-16-23-43-102)99-145-73-58-111(127)117-63-33-13-5-10-30-54-108(124)119-65-77-137-85-93-141-91-83-135-75-60-113(129)147-95-103-44-24-17-25-45-103/h14-25,38-45H,1-13,26-37,46-99H2,(H,115,125)(H,116,126)(H,117,127)(H,118,123)(H,119,124). The van der Waals surface area contributed by atoms with E-state index >= 15 is 0 Å². The monoisotopic (exact) mass is 2070 g/mol. The van der Waals surface area contributed by atoms with Gasteiger partial charge in [-0.25, -0.2) is 0 Å². The lowest BCUT2D eigenvalue weighted by Crippen LogP contribution is -2.42. The number of ketones is 3. The Hall–Kier alpha value is -8.46. The van der Waals surface area contributed by atoms with Crippen LogP contribution in [-0.2, 0) is 159 Å². The number of hydrogen-bond donors (Lipinski definition) is 5. The van der Waals surface area contributed by atoms with Gasteiger partial charge in [0.2, 0.25) is 29.5 Å². The minimum Gasteiger partial charge on any atom is -0.461 e. The van der Waals surface area contributed by atoms with Crippen molar-refractivity contribution in [2.75, 3.05) is 244 Å². The van der Waals surface area contributed by atoms with Gasteiger partial charge in [0.1, 0.15) is 30.6 Å². The van der Waals surface area contributed by atoms with E-state index in [1.165, 1.54) is 11.1 Å². The molecule has 5 N–H and O–H groups in total. The fourth-order valence-electron chi connectivity index (χ4n) is 15.2. The molecule has 0 aromatic heterocycles. The van der Waals surface area contributed by atoms with Gasteiger partial charge in [-0.1, -0.05) is 205 Å². The topological polar surface area (TPSA) is 397 Å². The Kier molecular flexibility index (Phi) is 87.4. The number of Topliss-reactive ketones (excluding diaryl/α,β-unsaturated/α-hetero) is 3. The highest BCUT2D eigenvalue weighted by molar-refractivity contribution is 5.80. The number of amides is 5. The van der Waals surface area contributed by atoms with Crippen LogP contribution in [0.2, 0.25) is 0 Å². The number of rotatable bonds is 109. The number of carbonyl (C=O) groups excluding carboxylic acids is 10. The largest absolute Gasteiger partial charge is 0.461 e. The van der Waals surface area contributed by atoms with E-state index in [9.17, 15) is 47.9 Å². The number of hydrogen-bond acceptors (Lipinski definition) is 28. The molecule has 147 heavy (non-hydrogen) atoms. The third-order valence-electron chi connectivity index (χ3n) is 23.7. The van der Waals surface area contributed by atoms with Gasteiger partial charge in [0.15, 0.2) is 0 Å². The molecule has 33 nitrogen and oxygen atoms in total. The van der Waals surface area contributed by atoms with Crippen LogP contribution in [0.1, 0.15) is 266 Å². The van der Waals surface area contributed by atoms with Crippen LogP contribution in [0.15, 0.2) is 121 Å². The fourth-order valence-corrected chi connectivity index (χ4v) is 15.2. The first kappa shape index (κ1) is 131. The summed E-state index contributed by atoms with van der Waals surface area (Å²) < 4.78 is 103. The number of carbonyl (C=O) groups is 10. The molecule has 4 rings (SSSR count). The average molecular weight is 2070 g/mol. The van der Waals surface area contributed by atoms with Crippen LogP contribution in [-0.4, -0.2) is 303 Å². The second-order valence-electron chi connectivity index (χ2n) is 36.8. The van der Waals surface area contributed by atoms with E-state index in [4.69, 9.17) is 85.3 Å². The van der Waals surface area contributed by atoms with Gasteiger partial charge in [-0.05, 0) is 112 Å². The Morgan fingerprint density at radius 2 is 0.395 bits per heavy atom. The highest BCUT2D eigenvalue weighted by Crippen LogP contribution is 2.23. The Bertz CT molecular complexity index is 3570. The van der Waals surface area contributed by atoms with Crippen LogP contribution in [0.4, 0.5) is 0 Å². The molecule has 33 heteroatoms. The molecule has 0 heterocycles.